The van der Waals surface area contributed by atoms with Crippen LogP contribution in [0, 0.1) is 0 Å². The summed E-state index contributed by atoms with van der Waals surface area (Å²) >= 11 is 0. The third-order valence-electron chi connectivity index (χ3n) is 3.44. The van der Waals surface area contributed by atoms with Gasteiger partial charge >= 0.3 is 0 Å². The second kappa shape index (κ2) is 3.88. The van der Waals surface area contributed by atoms with Crippen molar-refractivity contribution in [1.82, 2.24) is 0 Å². The second-order valence-electron chi connectivity index (χ2n) is 4.85. The van der Waals surface area contributed by atoms with E-state index in [1.807, 2.05) is 0 Å². The quantitative estimate of drug-likeness (QED) is 0.813. The van der Waals surface area contributed by atoms with Gasteiger partial charge in [0.05, 0.1) is 13.2 Å². The Morgan fingerprint density at radius 1 is 1.18 bits per heavy atom. The first-order chi connectivity index (χ1) is 8.17. The van der Waals surface area contributed by atoms with Crippen molar-refractivity contribution in [2.24, 2.45) is 5.73 Å². The smallest absolute Gasteiger partial charge is 0.161 e. The Hall–Kier alpha value is -1.29. The lowest BCUT2D eigenvalue weighted by Gasteiger charge is -2.39. The van der Waals surface area contributed by atoms with Crippen molar-refractivity contribution in [3.05, 3.63) is 23.8 Å². The first-order valence-electron chi connectivity index (χ1n) is 6.02. The SMILES string of the molecule is NC1CC(F)(c2ccc3c(c2)OCCCO3)C1. The molecule has 17 heavy (non-hydrogen) atoms. The highest BCUT2D eigenvalue weighted by atomic mass is 19.1. The zero-order valence-electron chi connectivity index (χ0n) is 9.62. The van der Waals surface area contributed by atoms with Crippen molar-refractivity contribution in [2.75, 3.05) is 13.2 Å². The maximum atomic E-state index is 14.4. The van der Waals surface area contributed by atoms with Crippen LogP contribution in [0.1, 0.15) is 24.8 Å². The van der Waals surface area contributed by atoms with Gasteiger partial charge in [0.2, 0.25) is 0 Å². The standard InChI is InChI=1S/C13H16FNO2/c14-13(7-10(15)8-13)9-2-3-11-12(6-9)17-5-1-4-16-11/h2-3,6,10H,1,4-5,7-8,15H2. The van der Waals surface area contributed by atoms with Crippen molar-refractivity contribution >= 4 is 0 Å². The van der Waals surface area contributed by atoms with E-state index in [0.717, 1.165) is 6.42 Å². The Kier molecular flexibility index (Phi) is 2.47. The average Bonchev–Trinajstić information content (AvgIpc) is 2.51. The third kappa shape index (κ3) is 1.86. The molecule has 0 saturated heterocycles. The summed E-state index contributed by atoms with van der Waals surface area (Å²) in [5, 5.41) is 0. The van der Waals surface area contributed by atoms with E-state index >= 15 is 0 Å². The normalized spacial score (nSPS) is 31.5. The molecule has 1 aliphatic heterocycles. The fraction of sp³-hybridized carbons (Fsp3) is 0.538. The van der Waals surface area contributed by atoms with E-state index < -0.39 is 5.67 Å². The predicted octanol–water partition coefficient (Wildman–Crippen LogP) is 2.13. The first kappa shape index (κ1) is 10.8. The van der Waals surface area contributed by atoms with Gasteiger partial charge in [-0.1, -0.05) is 6.07 Å². The number of hydrogen-bond acceptors (Lipinski definition) is 3. The van der Waals surface area contributed by atoms with Gasteiger partial charge in [-0.05, 0) is 17.7 Å². The Morgan fingerprint density at radius 3 is 2.59 bits per heavy atom. The summed E-state index contributed by atoms with van der Waals surface area (Å²) in [4.78, 5) is 0. The zero-order chi connectivity index (χ0) is 11.9. The maximum Gasteiger partial charge on any atom is 0.161 e. The Labute approximate surface area is 99.7 Å². The number of fused-ring (bicyclic) bond motifs is 1. The molecule has 3 nitrogen and oxygen atoms in total. The van der Waals surface area contributed by atoms with Crippen molar-refractivity contribution in [1.29, 1.82) is 0 Å². The Morgan fingerprint density at radius 2 is 1.88 bits per heavy atom. The number of nitrogens with two attached hydrogens (primary N) is 1. The molecule has 2 aliphatic rings. The summed E-state index contributed by atoms with van der Waals surface area (Å²) < 4.78 is 25.5. The molecule has 1 aliphatic carbocycles. The fourth-order valence-electron chi connectivity index (χ4n) is 2.45. The van der Waals surface area contributed by atoms with Crippen LogP contribution >= 0.6 is 0 Å². The van der Waals surface area contributed by atoms with Gasteiger partial charge in [-0.25, -0.2) is 4.39 Å². The third-order valence-corrected chi connectivity index (χ3v) is 3.44. The number of benzene rings is 1. The highest BCUT2D eigenvalue weighted by Crippen LogP contribution is 2.46. The van der Waals surface area contributed by atoms with Crippen molar-refractivity contribution in [3.8, 4) is 11.5 Å². The molecule has 1 fully saturated rings. The van der Waals surface area contributed by atoms with E-state index in [0.29, 0.717) is 43.1 Å². The molecule has 92 valence electrons. The summed E-state index contributed by atoms with van der Waals surface area (Å²) in [5.74, 6) is 1.36. The van der Waals surface area contributed by atoms with Gasteiger partial charge in [0.25, 0.3) is 0 Å². The number of rotatable bonds is 1. The Bertz CT molecular complexity index is 429. The van der Waals surface area contributed by atoms with E-state index in [9.17, 15) is 4.39 Å². The first-order valence-corrected chi connectivity index (χ1v) is 6.02. The predicted molar refractivity (Wildman–Crippen MR) is 62.0 cm³/mol. The van der Waals surface area contributed by atoms with Gasteiger partial charge in [0.15, 0.2) is 11.5 Å². The van der Waals surface area contributed by atoms with Gasteiger partial charge in [0.1, 0.15) is 5.67 Å². The number of hydrogen-bond donors (Lipinski definition) is 1. The Balaban J connectivity index is 1.90. The highest BCUT2D eigenvalue weighted by Gasteiger charge is 2.44. The van der Waals surface area contributed by atoms with E-state index in [1.165, 1.54) is 0 Å². The minimum atomic E-state index is -1.27. The van der Waals surface area contributed by atoms with Crippen LogP contribution in [0.15, 0.2) is 18.2 Å². The molecule has 1 heterocycles. The van der Waals surface area contributed by atoms with Crippen LogP contribution in [0.5, 0.6) is 11.5 Å². The van der Waals surface area contributed by atoms with Crippen LogP contribution < -0.4 is 15.2 Å². The summed E-state index contributed by atoms with van der Waals surface area (Å²) in [6, 6.07) is 5.31. The van der Waals surface area contributed by atoms with Crippen LogP contribution in [-0.4, -0.2) is 19.3 Å². The average molecular weight is 237 g/mol. The van der Waals surface area contributed by atoms with Gasteiger partial charge in [-0.3, -0.25) is 0 Å². The van der Waals surface area contributed by atoms with Crippen LogP contribution in [0.3, 0.4) is 0 Å². The summed E-state index contributed by atoms with van der Waals surface area (Å²) in [5.41, 5.74) is 5.04. The monoisotopic (exact) mass is 237 g/mol. The molecule has 4 heteroatoms. The molecule has 0 aromatic heterocycles. The van der Waals surface area contributed by atoms with Gasteiger partial charge < -0.3 is 15.2 Å². The van der Waals surface area contributed by atoms with Gasteiger partial charge in [0, 0.05) is 25.3 Å². The lowest BCUT2D eigenvalue weighted by molar-refractivity contribution is 0.0403. The second-order valence-corrected chi connectivity index (χ2v) is 4.85. The molecule has 0 amide bonds. The lowest BCUT2D eigenvalue weighted by Crippen LogP contribution is -2.46. The van der Waals surface area contributed by atoms with Crippen molar-refractivity contribution < 1.29 is 13.9 Å². The van der Waals surface area contributed by atoms with E-state index in [1.54, 1.807) is 18.2 Å². The number of alkyl halides is 1. The van der Waals surface area contributed by atoms with Crippen LogP contribution in [0.4, 0.5) is 4.39 Å². The van der Waals surface area contributed by atoms with E-state index in [2.05, 4.69) is 0 Å². The largest absolute Gasteiger partial charge is 0.490 e. The van der Waals surface area contributed by atoms with Crippen LogP contribution in [-0.2, 0) is 5.67 Å². The van der Waals surface area contributed by atoms with Crippen molar-refractivity contribution in [3.63, 3.8) is 0 Å². The van der Waals surface area contributed by atoms with Gasteiger partial charge in [-0.2, -0.15) is 0 Å². The van der Waals surface area contributed by atoms with E-state index in [-0.39, 0.29) is 6.04 Å². The number of ether oxygens (including phenoxy) is 2. The maximum absolute atomic E-state index is 14.4. The molecule has 0 radical (unpaired) electrons. The number of halogens is 1. The molecule has 0 bridgehead atoms. The van der Waals surface area contributed by atoms with E-state index in [4.69, 9.17) is 15.2 Å². The van der Waals surface area contributed by atoms with Gasteiger partial charge in [-0.15, -0.1) is 0 Å². The van der Waals surface area contributed by atoms with Crippen molar-refractivity contribution in [2.45, 2.75) is 31.0 Å². The lowest BCUT2D eigenvalue weighted by atomic mass is 9.73. The summed E-state index contributed by atoms with van der Waals surface area (Å²) in [6.07, 6.45) is 1.65. The topological polar surface area (TPSA) is 44.5 Å². The minimum Gasteiger partial charge on any atom is -0.490 e. The minimum absolute atomic E-state index is 0.0176. The molecule has 2 N–H and O–H groups in total. The molecule has 1 saturated carbocycles. The molecule has 0 spiro atoms. The molecule has 1 aromatic rings. The summed E-state index contributed by atoms with van der Waals surface area (Å²) in [6.45, 7) is 1.27. The van der Waals surface area contributed by atoms with Crippen LogP contribution in [0.2, 0.25) is 0 Å². The highest BCUT2D eigenvalue weighted by molar-refractivity contribution is 5.45. The molecule has 0 atom stereocenters. The molecular formula is C13H16FNO2. The zero-order valence-corrected chi connectivity index (χ0v) is 9.62. The summed E-state index contributed by atoms with van der Waals surface area (Å²) in [7, 11) is 0. The molecular weight excluding hydrogens is 221 g/mol. The molecule has 3 rings (SSSR count). The molecule has 0 unspecified atom stereocenters. The van der Waals surface area contributed by atoms with Crippen LogP contribution in [0.25, 0.3) is 0 Å². The molecule has 1 aromatic carbocycles. The fourth-order valence-corrected chi connectivity index (χ4v) is 2.45.